The second-order valence-corrected chi connectivity index (χ2v) is 7.84. The van der Waals surface area contributed by atoms with Crippen LogP contribution < -0.4 is 11.5 Å². The van der Waals surface area contributed by atoms with Crippen LogP contribution in [0.3, 0.4) is 0 Å². The number of anilines is 1. The first-order valence-electron chi connectivity index (χ1n) is 7.14. The van der Waals surface area contributed by atoms with Crippen LogP contribution in [0.25, 0.3) is 0 Å². The summed E-state index contributed by atoms with van der Waals surface area (Å²) in [5, 5.41) is 0.709. The van der Waals surface area contributed by atoms with E-state index in [1.54, 1.807) is 11.3 Å². The zero-order valence-electron chi connectivity index (χ0n) is 10.7. The summed E-state index contributed by atoms with van der Waals surface area (Å²) in [4.78, 5) is 5.93. The molecule has 4 aliphatic rings. The third kappa shape index (κ3) is 1.48. The first-order chi connectivity index (χ1) is 8.68. The molecular formula is C14H21N3S. The Morgan fingerprint density at radius 1 is 1.11 bits per heavy atom. The van der Waals surface area contributed by atoms with Gasteiger partial charge < -0.3 is 11.5 Å². The minimum atomic E-state index is 0.345. The van der Waals surface area contributed by atoms with Crippen LogP contribution in [0.2, 0.25) is 0 Å². The van der Waals surface area contributed by atoms with Crippen molar-refractivity contribution in [3.05, 3.63) is 10.6 Å². The summed E-state index contributed by atoms with van der Waals surface area (Å²) in [6.45, 7) is 0.603. The molecule has 4 bridgehead atoms. The molecule has 4 heteroatoms. The van der Waals surface area contributed by atoms with E-state index in [-0.39, 0.29) is 0 Å². The Kier molecular flexibility index (Phi) is 2.31. The highest BCUT2D eigenvalue weighted by atomic mass is 32.1. The summed E-state index contributed by atoms with van der Waals surface area (Å²) >= 11 is 1.60. The van der Waals surface area contributed by atoms with Crippen molar-refractivity contribution in [3.8, 4) is 0 Å². The van der Waals surface area contributed by atoms with Crippen molar-refractivity contribution >= 4 is 16.5 Å². The molecule has 4 N–H and O–H groups in total. The molecule has 0 spiro atoms. The van der Waals surface area contributed by atoms with Gasteiger partial charge >= 0.3 is 0 Å². The molecule has 4 aliphatic carbocycles. The van der Waals surface area contributed by atoms with E-state index in [0.29, 0.717) is 17.1 Å². The monoisotopic (exact) mass is 263 g/mol. The largest absolute Gasteiger partial charge is 0.375 e. The van der Waals surface area contributed by atoms with E-state index in [9.17, 15) is 0 Å². The van der Waals surface area contributed by atoms with E-state index in [1.807, 2.05) is 0 Å². The van der Waals surface area contributed by atoms with E-state index in [0.717, 1.165) is 17.8 Å². The first-order valence-corrected chi connectivity index (χ1v) is 7.96. The van der Waals surface area contributed by atoms with Gasteiger partial charge in [-0.2, -0.15) is 0 Å². The molecule has 0 atom stereocenters. The van der Waals surface area contributed by atoms with E-state index in [4.69, 9.17) is 11.5 Å². The van der Waals surface area contributed by atoms with E-state index >= 15 is 0 Å². The van der Waals surface area contributed by atoms with Gasteiger partial charge in [-0.05, 0) is 56.3 Å². The fraction of sp³-hybridized carbons (Fsp3) is 0.786. The highest BCUT2D eigenvalue weighted by molar-refractivity contribution is 7.15. The lowest BCUT2D eigenvalue weighted by Crippen LogP contribution is -2.49. The van der Waals surface area contributed by atoms with Crippen molar-refractivity contribution < 1.29 is 0 Å². The summed E-state index contributed by atoms with van der Waals surface area (Å²) in [5.74, 6) is 2.85. The Bertz CT molecular complexity index is 444. The van der Waals surface area contributed by atoms with Crippen LogP contribution in [-0.4, -0.2) is 4.98 Å². The number of nitrogens with two attached hydrogens (primary N) is 2. The lowest BCUT2D eigenvalue weighted by atomic mass is 9.48. The van der Waals surface area contributed by atoms with Gasteiger partial charge in [0.2, 0.25) is 0 Å². The van der Waals surface area contributed by atoms with Crippen molar-refractivity contribution in [3.63, 3.8) is 0 Å². The molecule has 0 radical (unpaired) electrons. The lowest BCUT2D eigenvalue weighted by molar-refractivity contribution is -0.00725. The number of thiazole rings is 1. The molecule has 18 heavy (non-hydrogen) atoms. The minimum absolute atomic E-state index is 0.345. The number of aromatic nitrogens is 1. The van der Waals surface area contributed by atoms with Crippen molar-refractivity contribution in [1.29, 1.82) is 0 Å². The highest BCUT2D eigenvalue weighted by Gasteiger charge is 2.53. The third-order valence-corrected chi connectivity index (χ3v) is 6.35. The first kappa shape index (κ1) is 11.2. The van der Waals surface area contributed by atoms with Crippen molar-refractivity contribution in [2.24, 2.45) is 23.5 Å². The number of nitrogen functional groups attached to an aromatic ring is 1. The predicted octanol–water partition coefficient (Wildman–Crippen LogP) is 2.65. The Balaban J connectivity index is 1.78. The summed E-state index contributed by atoms with van der Waals surface area (Å²) in [5.41, 5.74) is 13.5. The maximum absolute atomic E-state index is 5.93. The SMILES string of the molecule is NCc1sc(N)nc1C12CC3CC(CC(C3)C1)C2. The van der Waals surface area contributed by atoms with Gasteiger partial charge in [-0.3, -0.25) is 0 Å². The van der Waals surface area contributed by atoms with Crippen molar-refractivity contribution in [1.82, 2.24) is 4.98 Å². The van der Waals surface area contributed by atoms with Crippen molar-refractivity contribution in [2.75, 3.05) is 5.73 Å². The Hall–Kier alpha value is -0.610. The van der Waals surface area contributed by atoms with Crippen LogP contribution in [0.5, 0.6) is 0 Å². The zero-order chi connectivity index (χ0) is 12.3. The van der Waals surface area contributed by atoms with Gasteiger partial charge in [-0.25, -0.2) is 4.98 Å². The molecule has 1 aromatic heterocycles. The molecular weight excluding hydrogens is 242 g/mol. The Morgan fingerprint density at radius 3 is 2.17 bits per heavy atom. The molecule has 0 saturated heterocycles. The Labute approximate surface area is 112 Å². The Morgan fingerprint density at radius 2 is 1.67 bits per heavy atom. The summed E-state index contributed by atoms with van der Waals surface area (Å²) in [7, 11) is 0. The van der Waals surface area contributed by atoms with Gasteiger partial charge in [0.05, 0.1) is 5.69 Å². The second-order valence-electron chi connectivity index (χ2n) is 6.73. The molecule has 4 saturated carbocycles. The molecule has 0 aliphatic heterocycles. The summed E-state index contributed by atoms with van der Waals surface area (Å²) in [6.07, 6.45) is 8.43. The quantitative estimate of drug-likeness (QED) is 0.862. The van der Waals surface area contributed by atoms with Gasteiger partial charge in [-0.1, -0.05) is 0 Å². The lowest BCUT2D eigenvalue weighted by Gasteiger charge is -2.56. The van der Waals surface area contributed by atoms with Crippen LogP contribution in [0.15, 0.2) is 0 Å². The predicted molar refractivity (Wildman–Crippen MR) is 74.3 cm³/mol. The standard InChI is InChI=1S/C14H21N3S/c15-7-11-12(17-13(16)18-11)14-4-8-1-9(5-14)3-10(2-8)6-14/h8-10H,1-7,15H2,(H2,16,17). The number of rotatable bonds is 2. The van der Waals surface area contributed by atoms with Crippen LogP contribution in [-0.2, 0) is 12.0 Å². The second kappa shape index (κ2) is 3.70. The average Bonchev–Trinajstić information content (AvgIpc) is 2.69. The van der Waals surface area contributed by atoms with E-state index < -0.39 is 0 Å². The molecule has 5 rings (SSSR count). The molecule has 1 aromatic rings. The maximum Gasteiger partial charge on any atom is 0.180 e. The zero-order valence-corrected chi connectivity index (χ0v) is 11.5. The van der Waals surface area contributed by atoms with Gasteiger partial charge in [0.1, 0.15) is 0 Å². The van der Waals surface area contributed by atoms with Crippen LogP contribution in [0.4, 0.5) is 5.13 Å². The van der Waals surface area contributed by atoms with Gasteiger partial charge in [0, 0.05) is 16.8 Å². The van der Waals surface area contributed by atoms with E-state index in [1.165, 1.54) is 49.1 Å². The van der Waals surface area contributed by atoms with Crippen LogP contribution in [0.1, 0.15) is 49.1 Å². The fourth-order valence-corrected chi connectivity index (χ4v) is 6.15. The topological polar surface area (TPSA) is 64.9 Å². The van der Waals surface area contributed by atoms with Gasteiger partial charge in [-0.15, -0.1) is 11.3 Å². The average molecular weight is 263 g/mol. The highest BCUT2D eigenvalue weighted by Crippen LogP contribution is 2.61. The van der Waals surface area contributed by atoms with Crippen LogP contribution >= 0.6 is 11.3 Å². The fourth-order valence-electron chi connectivity index (χ4n) is 5.32. The molecule has 3 nitrogen and oxygen atoms in total. The molecule has 98 valence electrons. The number of hydrogen-bond donors (Lipinski definition) is 2. The summed E-state index contributed by atoms with van der Waals surface area (Å²) < 4.78 is 0. The number of hydrogen-bond acceptors (Lipinski definition) is 4. The number of nitrogens with zero attached hydrogens (tertiary/aromatic N) is 1. The minimum Gasteiger partial charge on any atom is -0.375 e. The maximum atomic E-state index is 5.93. The van der Waals surface area contributed by atoms with Gasteiger partial charge in [0.15, 0.2) is 5.13 Å². The molecule has 4 fully saturated rings. The molecule has 0 amide bonds. The molecule has 0 aromatic carbocycles. The van der Waals surface area contributed by atoms with Crippen LogP contribution in [0, 0.1) is 17.8 Å². The summed E-state index contributed by atoms with van der Waals surface area (Å²) in [6, 6.07) is 0. The van der Waals surface area contributed by atoms with Crippen molar-refractivity contribution in [2.45, 2.75) is 50.5 Å². The van der Waals surface area contributed by atoms with E-state index in [2.05, 4.69) is 4.98 Å². The normalized spacial score (nSPS) is 41.5. The molecule has 0 unspecified atom stereocenters. The third-order valence-electron chi connectivity index (χ3n) is 5.44. The molecule has 1 heterocycles. The smallest absolute Gasteiger partial charge is 0.180 e. The van der Waals surface area contributed by atoms with Gasteiger partial charge in [0.25, 0.3) is 0 Å².